The molecule has 0 atom stereocenters. The van der Waals surface area contributed by atoms with Crippen LogP contribution in [0.4, 0.5) is 5.69 Å². The summed E-state index contributed by atoms with van der Waals surface area (Å²) in [5.74, 6) is -0.0608. The number of hydrogen-bond donors (Lipinski definition) is 0. The Bertz CT molecular complexity index is 750. The molecule has 0 spiro atoms. The molecule has 0 amide bonds. The molecule has 6 nitrogen and oxygen atoms in total. The van der Waals surface area contributed by atoms with E-state index in [2.05, 4.69) is 22.2 Å². The van der Waals surface area contributed by atoms with E-state index in [1.54, 1.807) is 32.7 Å². The van der Waals surface area contributed by atoms with E-state index in [9.17, 15) is 10.1 Å². The number of ether oxygens (including phenoxy) is 2. The third-order valence-electron chi connectivity index (χ3n) is 3.76. The first-order valence-corrected chi connectivity index (χ1v) is 9.79. The topological polar surface area (TPSA) is 65.8 Å². The van der Waals surface area contributed by atoms with Crippen LogP contribution in [-0.4, -0.2) is 42.6 Å². The van der Waals surface area contributed by atoms with Crippen molar-refractivity contribution in [2.45, 2.75) is 44.6 Å². The van der Waals surface area contributed by atoms with E-state index >= 15 is 0 Å². The first kappa shape index (κ1) is 21.1. The van der Waals surface area contributed by atoms with Crippen LogP contribution in [0.5, 0.6) is 5.75 Å². The van der Waals surface area contributed by atoms with Crippen LogP contribution >= 0.6 is 11.9 Å². The minimum atomic E-state index is -0.562. The van der Waals surface area contributed by atoms with Crippen LogP contribution in [0.2, 0.25) is 0 Å². The molecule has 1 heterocycles. The largest absolute Gasteiger partial charge is 0.463 e. The molecule has 1 aliphatic heterocycles. The van der Waals surface area contributed by atoms with Gasteiger partial charge in [0.05, 0.1) is 28.5 Å². The number of carbonyl (C=O) groups is 1. The second-order valence-electron chi connectivity index (χ2n) is 7.31. The maximum absolute atomic E-state index is 11.8. The van der Waals surface area contributed by atoms with Crippen LogP contribution in [0, 0.1) is 11.3 Å². The normalized spacial score (nSPS) is 15.2. The standard InChI is InChI=1S/C20H27N3O3S/c1-6-8-23-10-9-22(5)27-18-13-17(15(14-21)12-16(18)23)25-11-7-19(24)26-20(2,3)4/h7,11-13H,6,8-10H2,1-5H3/b11-7+. The Hall–Kier alpha value is -2.17. The summed E-state index contributed by atoms with van der Waals surface area (Å²) in [7, 11) is 2.05. The third-order valence-corrected chi connectivity index (χ3v) is 4.78. The molecular weight excluding hydrogens is 362 g/mol. The van der Waals surface area contributed by atoms with E-state index in [0.717, 1.165) is 36.6 Å². The molecule has 0 saturated heterocycles. The highest BCUT2D eigenvalue weighted by molar-refractivity contribution is 7.97. The van der Waals surface area contributed by atoms with Crippen LogP contribution in [0.3, 0.4) is 0 Å². The van der Waals surface area contributed by atoms with E-state index < -0.39 is 11.6 Å². The summed E-state index contributed by atoms with van der Waals surface area (Å²) < 4.78 is 13.0. The number of anilines is 1. The van der Waals surface area contributed by atoms with Gasteiger partial charge in [-0.05, 0) is 58.3 Å². The number of likely N-dealkylation sites (N-methyl/N-ethyl adjacent to an activating group) is 1. The van der Waals surface area contributed by atoms with Crippen molar-refractivity contribution in [1.82, 2.24) is 4.31 Å². The summed E-state index contributed by atoms with van der Waals surface area (Å²) in [6, 6.07) is 5.92. The Balaban J connectivity index is 2.25. The fourth-order valence-corrected chi connectivity index (χ4v) is 3.60. The predicted octanol–water partition coefficient (Wildman–Crippen LogP) is 3.96. The molecule has 1 aromatic carbocycles. The second-order valence-corrected chi connectivity index (χ2v) is 8.56. The summed E-state index contributed by atoms with van der Waals surface area (Å²) in [6.07, 6.45) is 3.53. The van der Waals surface area contributed by atoms with Crippen LogP contribution in [-0.2, 0) is 9.53 Å². The fraction of sp³-hybridized carbons (Fsp3) is 0.500. The van der Waals surface area contributed by atoms with Gasteiger partial charge in [-0.1, -0.05) is 6.92 Å². The lowest BCUT2D eigenvalue weighted by atomic mass is 10.1. The number of benzene rings is 1. The van der Waals surface area contributed by atoms with E-state index in [1.807, 2.05) is 19.2 Å². The Morgan fingerprint density at radius 3 is 2.74 bits per heavy atom. The van der Waals surface area contributed by atoms with Gasteiger partial charge >= 0.3 is 5.97 Å². The average molecular weight is 390 g/mol. The van der Waals surface area contributed by atoms with Crippen LogP contribution in [0.15, 0.2) is 29.4 Å². The summed E-state index contributed by atoms with van der Waals surface area (Å²) in [4.78, 5) is 15.1. The molecule has 0 aliphatic carbocycles. The molecule has 0 N–H and O–H groups in total. The van der Waals surface area contributed by atoms with Crippen molar-refractivity contribution < 1.29 is 14.3 Å². The molecule has 0 saturated carbocycles. The highest BCUT2D eigenvalue weighted by Gasteiger charge is 2.21. The molecule has 0 aromatic heterocycles. The lowest BCUT2D eigenvalue weighted by Crippen LogP contribution is -2.29. The Kier molecular flexibility index (Phi) is 7.17. The highest BCUT2D eigenvalue weighted by Crippen LogP contribution is 2.39. The highest BCUT2D eigenvalue weighted by atomic mass is 32.2. The number of fused-ring (bicyclic) bond motifs is 1. The van der Waals surface area contributed by atoms with Gasteiger partial charge in [-0.25, -0.2) is 9.10 Å². The monoisotopic (exact) mass is 389 g/mol. The Morgan fingerprint density at radius 1 is 1.37 bits per heavy atom. The Morgan fingerprint density at radius 2 is 2.11 bits per heavy atom. The van der Waals surface area contributed by atoms with Gasteiger partial charge in [-0.15, -0.1) is 0 Å². The van der Waals surface area contributed by atoms with Crippen molar-refractivity contribution in [1.29, 1.82) is 5.26 Å². The summed E-state index contributed by atoms with van der Waals surface area (Å²) >= 11 is 1.63. The first-order chi connectivity index (χ1) is 12.7. The zero-order valence-corrected chi connectivity index (χ0v) is 17.4. The van der Waals surface area contributed by atoms with Crippen molar-refractivity contribution >= 4 is 23.6 Å². The molecule has 0 bridgehead atoms. The zero-order chi connectivity index (χ0) is 20.0. The van der Waals surface area contributed by atoms with E-state index in [0.29, 0.717) is 11.3 Å². The molecule has 1 aromatic rings. The van der Waals surface area contributed by atoms with Gasteiger partial charge in [-0.2, -0.15) is 5.26 Å². The lowest BCUT2D eigenvalue weighted by Gasteiger charge is -2.24. The average Bonchev–Trinajstić information content (AvgIpc) is 2.71. The molecule has 1 aliphatic rings. The molecule has 0 fully saturated rings. The van der Waals surface area contributed by atoms with Crippen molar-refractivity contribution in [3.8, 4) is 11.8 Å². The maximum atomic E-state index is 11.8. The predicted molar refractivity (Wildman–Crippen MR) is 108 cm³/mol. The number of nitrogens with zero attached hydrogens (tertiary/aromatic N) is 3. The second kappa shape index (κ2) is 9.16. The number of carbonyl (C=O) groups excluding carboxylic acids is 1. The van der Waals surface area contributed by atoms with Crippen LogP contribution in [0.1, 0.15) is 39.7 Å². The van der Waals surface area contributed by atoms with Gasteiger partial charge in [0.1, 0.15) is 17.4 Å². The van der Waals surface area contributed by atoms with Crippen molar-refractivity contribution in [2.75, 3.05) is 31.6 Å². The Labute approximate surface area is 165 Å². The summed E-state index contributed by atoms with van der Waals surface area (Å²) in [5, 5.41) is 9.54. The molecule has 0 unspecified atom stereocenters. The smallest absolute Gasteiger partial charge is 0.334 e. The van der Waals surface area contributed by atoms with Gasteiger partial charge in [0.25, 0.3) is 0 Å². The van der Waals surface area contributed by atoms with Crippen LogP contribution in [0.25, 0.3) is 0 Å². The van der Waals surface area contributed by atoms with Gasteiger partial charge in [0, 0.05) is 19.6 Å². The third kappa shape index (κ3) is 6.19. The van der Waals surface area contributed by atoms with Crippen LogP contribution < -0.4 is 9.64 Å². The molecule has 27 heavy (non-hydrogen) atoms. The van der Waals surface area contributed by atoms with E-state index in [1.165, 1.54) is 12.3 Å². The van der Waals surface area contributed by atoms with Crippen molar-refractivity contribution in [3.05, 3.63) is 30.0 Å². The summed E-state index contributed by atoms with van der Waals surface area (Å²) in [5.41, 5.74) is 0.924. The zero-order valence-electron chi connectivity index (χ0n) is 16.6. The molecule has 0 radical (unpaired) electrons. The summed E-state index contributed by atoms with van der Waals surface area (Å²) in [6.45, 7) is 10.3. The number of hydrogen-bond acceptors (Lipinski definition) is 7. The number of esters is 1. The van der Waals surface area contributed by atoms with Gasteiger partial charge < -0.3 is 14.4 Å². The number of nitriles is 1. The maximum Gasteiger partial charge on any atom is 0.334 e. The first-order valence-electron chi connectivity index (χ1n) is 9.02. The molecule has 146 valence electrons. The quantitative estimate of drug-likeness (QED) is 0.327. The van der Waals surface area contributed by atoms with E-state index in [4.69, 9.17) is 9.47 Å². The molecule has 2 rings (SSSR count). The lowest BCUT2D eigenvalue weighted by molar-refractivity contribution is -0.148. The van der Waals surface area contributed by atoms with Gasteiger partial charge in [0.2, 0.25) is 0 Å². The molecular formula is C20H27N3O3S. The fourth-order valence-electron chi connectivity index (χ4n) is 2.65. The van der Waals surface area contributed by atoms with Crippen molar-refractivity contribution in [2.24, 2.45) is 0 Å². The van der Waals surface area contributed by atoms with E-state index in [-0.39, 0.29) is 0 Å². The minimum absolute atomic E-state index is 0.426. The van der Waals surface area contributed by atoms with Gasteiger partial charge in [0.15, 0.2) is 0 Å². The SMILES string of the molecule is CCCN1CCN(C)Sc2cc(O/C=C/C(=O)OC(C)(C)C)c(C#N)cc21. The van der Waals surface area contributed by atoms with Crippen molar-refractivity contribution in [3.63, 3.8) is 0 Å². The minimum Gasteiger partial charge on any atom is -0.463 e. The van der Waals surface area contributed by atoms with Gasteiger partial charge in [-0.3, -0.25) is 0 Å². The number of rotatable bonds is 5. The molecule has 7 heteroatoms.